The summed E-state index contributed by atoms with van der Waals surface area (Å²) in [7, 11) is 0. The van der Waals surface area contributed by atoms with Crippen LogP contribution >= 0.6 is 0 Å². The van der Waals surface area contributed by atoms with Crippen molar-refractivity contribution in [2.75, 3.05) is 18.4 Å². The Morgan fingerprint density at radius 2 is 1.64 bits per heavy atom. The fourth-order valence-electron chi connectivity index (χ4n) is 3.27. The Morgan fingerprint density at radius 3 is 2.36 bits per heavy atom. The van der Waals surface area contributed by atoms with Crippen LogP contribution in [0.25, 0.3) is 0 Å². The van der Waals surface area contributed by atoms with Gasteiger partial charge >= 0.3 is 0 Å². The number of hydrogen-bond acceptors (Lipinski definition) is 2. The zero-order valence-electron chi connectivity index (χ0n) is 13.5. The number of rotatable bonds is 5. The van der Waals surface area contributed by atoms with E-state index in [2.05, 4.69) is 71.7 Å². The molecule has 0 saturated carbocycles. The first-order chi connectivity index (χ1) is 10.8. The van der Waals surface area contributed by atoms with E-state index in [4.69, 9.17) is 0 Å². The summed E-state index contributed by atoms with van der Waals surface area (Å²) in [5.41, 5.74) is 4.17. The Morgan fingerprint density at radius 1 is 0.955 bits per heavy atom. The molecule has 2 aromatic rings. The molecule has 0 spiro atoms. The number of anilines is 1. The smallest absolute Gasteiger partial charge is 0.0374 e. The summed E-state index contributed by atoms with van der Waals surface area (Å²) in [5.74, 6) is 0. The van der Waals surface area contributed by atoms with Gasteiger partial charge < -0.3 is 5.32 Å². The van der Waals surface area contributed by atoms with Crippen LogP contribution in [0.3, 0.4) is 0 Å². The van der Waals surface area contributed by atoms with Crippen LogP contribution in [0.2, 0.25) is 0 Å². The maximum absolute atomic E-state index is 3.76. The van der Waals surface area contributed by atoms with Crippen molar-refractivity contribution in [1.29, 1.82) is 0 Å². The van der Waals surface area contributed by atoms with Crippen LogP contribution in [0, 0.1) is 0 Å². The Balaban J connectivity index is 1.51. The van der Waals surface area contributed by atoms with Crippen LogP contribution in [0.4, 0.5) is 5.69 Å². The van der Waals surface area contributed by atoms with E-state index in [0.29, 0.717) is 6.04 Å². The highest BCUT2D eigenvalue weighted by Crippen LogP contribution is 2.21. The van der Waals surface area contributed by atoms with Gasteiger partial charge in [0.1, 0.15) is 0 Å². The minimum Gasteiger partial charge on any atom is -0.382 e. The van der Waals surface area contributed by atoms with Crippen molar-refractivity contribution in [1.82, 2.24) is 4.90 Å². The topological polar surface area (TPSA) is 15.3 Å². The molecule has 1 fully saturated rings. The van der Waals surface area contributed by atoms with E-state index >= 15 is 0 Å². The molecular formula is C20H26N2. The Hall–Kier alpha value is -1.80. The largest absolute Gasteiger partial charge is 0.382 e. The summed E-state index contributed by atoms with van der Waals surface area (Å²) in [6, 6.07) is 20.1. The minimum atomic E-state index is 0.611. The number of nitrogens with one attached hydrogen (secondary N) is 1. The molecule has 22 heavy (non-hydrogen) atoms. The molecule has 2 nitrogen and oxygen atoms in total. The summed E-state index contributed by atoms with van der Waals surface area (Å²) in [6.07, 6.45) is 3.55. The van der Waals surface area contributed by atoms with Gasteiger partial charge in [-0.15, -0.1) is 0 Å². The minimum absolute atomic E-state index is 0.611. The quantitative estimate of drug-likeness (QED) is 0.883. The van der Waals surface area contributed by atoms with Crippen LogP contribution in [-0.2, 0) is 13.0 Å². The van der Waals surface area contributed by atoms with Gasteiger partial charge in [-0.1, -0.05) is 55.5 Å². The molecule has 2 heteroatoms. The highest BCUT2D eigenvalue weighted by Gasteiger charge is 2.19. The summed E-state index contributed by atoms with van der Waals surface area (Å²) in [4.78, 5) is 2.57. The molecule has 0 aliphatic carbocycles. The fourth-order valence-corrected chi connectivity index (χ4v) is 3.27. The van der Waals surface area contributed by atoms with E-state index < -0.39 is 0 Å². The fraction of sp³-hybridized carbons (Fsp3) is 0.400. The van der Waals surface area contributed by atoms with Crippen LogP contribution in [0.5, 0.6) is 0 Å². The molecule has 1 heterocycles. The van der Waals surface area contributed by atoms with Crippen LogP contribution < -0.4 is 5.32 Å². The molecule has 2 aromatic carbocycles. The third-order valence-corrected chi connectivity index (χ3v) is 4.59. The standard InChI is InChI=1S/C20H26N2/c1-2-18-10-6-7-11-20(18)21-19-12-14-22(15-13-19)16-17-8-4-3-5-9-17/h3-11,19,21H,2,12-16H2,1H3. The Kier molecular flexibility index (Phi) is 5.12. The van der Waals surface area contributed by atoms with E-state index in [1.54, 1.807) is 0 Å². The zero-order valence-corrected chi connectivity index (χ0v) is 13.5. The normalized spacial score (nSPS) is 16.6. The molecule has 3 rings (SSSR count). The first-order valence-corrected chi connectivity index (χ1v) is 8.46. The van der Waals surface area contributed by atoms with E-state index in [1.165, 1.54) is 42.7 Å². The average molecular weight is 294 g/mol. The molecule has 0 amide bonds. The zero-order chi connectivity index (χ0) is 15.2. The molecule has 1 N–H and O–H groups in total. The van der Waals surface area contributed by atoms with Crippen LogP contribution in [-0.4, -0.2) is 24.0 Å². The third kappa shape index (κ3) is 3.89. The number of nitrogens with zero attached hydrogens (tertiary/aromatic N) is 1. The number of para-hydroxylation sites is 1. The van der Waals surface area contributed by atoms with Crippen molar-refractivity contribution < 1.29 is 0 Å². The van der Waals surface area contributed by atoms with E-state index in [9.17, 15) is 0 Å². The van der Waals surface area contributed by atoms with Crippen molar-refractivity contribution >= 4 is 5.69 Å². The molecule has 0 unspecified atom stereocenters. The lowest BCUT2D eigenvalue weighted by Crippen LogP contribution is -2.38. The highest BCUT2D eigenvalue weighted by atomic mass is 15.1. The van der Waals surface area contributed by atoms with Gasteiger partial charge in [-0.05, 0) is 36.5 Å². The summed E-state index contributed by atoms with van der Waals surface area (Å²) in [6.45, 7) is 5.67. The molecule has 1 aliphatic heterocycles. The first-order valence-electron chi connectivity index (χ1n) is 8.46. The van der Waals surface area contributed by atoms with Gasteiger partial charge in [0.15, 0.2) is 0 Å². The number of benzene rings is 2. The van der Waals surface area contributed by atoms with Gasteiger partial charge in [0.25, 0.3) is 0 Å². The lowest BCUT2D eigenvalue weighted by atomic mass is 10.0. The molecule has 0 aromatic heterocycles. The number of hydrogen-bond donors (Lipinski definition) is 1. The lowest BCUT2D eigenvalue weighted by Gasteiger charge is -2.33. The summed E-state index contributed by atoms with van der Waals surface area (Å²) >= 11 is 0. The van der Waals surface area contributed by atoms with E-state index in [-0.39, 0.29) is 0 Å². The SMILES string of the molecule is CCc1ccccc1NC1CCN(Cc2ccccc2)CC1. The Labute approximate surface area is 134 Å². The van der Waals surface area contributed by atoms with E-state index in [0.717, 1.165) is 13.0 Å². The van der Waals surface area contributed by atoms with Gasteiger partial charge in [-0.2, -0.15) is 0 Å². The second-order valence-corrected chi connectivity index (χ2v) is 6.19. The van der Waals surface area contributed by atoms with Crippen molar-refractivity contribution in [2.24, 2.45) is 0 Å². The van der Waals surface area contributed by atoms with Gasteiger partial charge in [0.2, 0.25) is 0 Å². The molecule has 0 atom stereocenters. The second kappa shape index (κ2) is 7.46. The summed E-state index contributed by atoms with van der Waals surface area (Å²) < 4.78 is 0. The second-order valence-electron chi connectivity index (χ2n) is 6.19. The molecule has 116 valence electrons. The first kappa shape index (κ1) is 15.1. The monoisotopic (exact) mass is 294 g/mol. The van der Waals surface area contributed by atoms with Gasteiger partial charge in [0.05, 0.1) is 0 Å². The predicted molar refractivity (Wildman–Crippen MR) is 94.2 cm³/mol. The Bertz CT molecular complexity index is 571. The predicted octanol–water partition coefficient (Wildman–Crippen LogP) is 4.33. The number of piperidine rings is 1. The van der Waals surface area contributed by atoms with Crippen LogP contribution in [0.15, 0.2) is 54.6 Å². The van der Waals surface area contributed by atoms with Gasteiger partial charge in [0, 0.05) is 31.4 Å². The molecular weight excluding hydrogens is 268 g/mol. The molecule has 0 radical (unpaired) electrons. The summed E-state index contributed by atoms with van der Waals surface area (Å²) in [5, 5.41) is 3.76. The van der Waals surface area contributed by atoms with Gasteiger partial charge in [-0.3, -0.25) is 4.90 Å². The lowest BCUT2D eigenvalue weighted by molar-refractivity contribution is 0.211. The maximum Gasteiger partial charge on any atom is 0.0374 e. The molecule has 1 saturated heterocycles. The highest BCUT2D eigenvalue weighted by molar-refractivity contribution is 5.51. The third-order valence-electron chi connectivity index (χ3n) is 4.59. The maximum atomic E-state index is 3.76. The molecule has 0 bridgehead atoms. The van der Waals surface area contributed by atoms with Crippen molar-refractivity contribution in [2.45, 2.75) is 38.8 Å². The molecule has 1 aliphatic rings. The van der Waals surface area contributed by atoms with Gasteiger partial charge in [-0.25, -0.2) is 0 Å². The van der Waals surface area contributed by atoms with Crippen molar-refractivity contribution in [3.05, 3.63) is 65.7 Å². The van der Waals surface area contributed by atoms with Crippen LogP contribution in [0.1, 0.15) is 30.9 Å². The number of aryl methyl sites for hydroxylation is 1. The number of likely N-dealkylation sites (tertiary alicyclic amines) is 1. The van der Waals surface area contributed by atoms with Crippen molar-refractivity contribution in [3.63, 3.8) is 0 Å². The average Bonchev–Trinajstić information content (AvgIpc) is 2.58. The van der Waals surface area contributed by atoms with E-state index in [1.807, 2.05) is 0 Å². The van der Waals surface area contributed by atoms with Crippen molar-refractivity contribution in [3.8, 4) is 0 Å².